The summed E-state index contributed by atoms with van der Waals surface area (Å²) in [6.45, 7) is 0. The second kappa shape index (κ2) is 2.82. The molecule has 0 atom stereocenters. The fourth-order valence-electron chi connectivity index (χ4n) is 1.93. The van der Waals surface area contributed by atoms with Crippen LogP contribution in [0.25, 0.3) is 28.9 Å². The lowest BCUT2D eigenvalue weighted by molar-refractivity contribution is 1.87. The highest BCUT2D eigenvalue weighted by atomic mass is 32.1. The zero-order valence-corrected chi connectivity index (χ0v) is 10.1. The Morgan fingerprint density at radius 2 is 1.60 bits per heavy atom. The van der Waals surface area contributed by atoms with Gasteiger partial charge in [0.2, 0.25) is 0 Å². The van der Waals surface area contributed by atoms with Crippen LogP contribution in [0.15, 0.2) is 35.7 Å². The molecule has 1 aromatic carbocycles. The number of fused-ring (bicyclic) bond motifs is 5. The average molecular weight is 246 g/mol. The van der Waals surface area contributed by atoms with Gasteiger partial charge in [-0.25, -0.2) is 0 Å². The lowest BCUT2D eigenvalue weighted by atomic mass is 10.2. The second-order valence-corrected chi connectivity index (χ2v) is 6.49. The molecule has 3 heteroatoms. The normalized spacial score (nSPS) is 12.0. The van der Waals surface area contributed by atoms with Gasteiger partial charge in [-0.05, 0) is 17.5 Å². The minimum Gasteiger partial charge on any atom is -0.141 e. The Balaban J connectivity index is 2.39. The molecule has 3 heterocycles. The van der Waals surface area contributed by atoms with E-state index in [-0.39, 0.29) is 0 Å². The van der Waals surface area contributed by atoms with Gasteiger partial charge >= 0.3 is 0 Å². The molecule has 0 radical (unpaired) electrons. The first-order valence-corrected chi connectivity index (χ1v) is 7.22. The fraction of sp³-hybridized carbons (Fsp3) is 0. The summed E-state index contributed by atoms with van der Waals surface area (Å²) in [7, 11) is 0. The van der Waals surface area contributed by atoms with Crippen LogP contribution in [-0.4, -0.2) is 0 Å². The molecule has 3 aromatic heterocycles. The van der Waals surface area contributed by atoms with Crippen molar-refractivity contribution in [3.05, 3.63) is 35.7 Å². The fourth-order valence-corrected chi connectivity index (χ4v) is 5.81. The van der Waals surface area contributed by atoms with Crippen LogP contribution < -0.4 is 0 Å². The van der Waals surface area contributed by atoms with E-state index in [0.29, 0.717) is 0 Å². The average Bonchev–Trinajstić information content (AvgIpc) is 2.87. The minimum atomic E-state index is 1.41. The standard InChI is InChI=1S/C12H6S3/c1-2-4-8-7(3-1)10-12(14-8)11-9(15-10)5-6-13-11/h1-6H. The lowest BCUT2D eigenvalue weighted by Crippen LogP contribution is -1.58. The lowest BCUT2D eigenvalue weighted by Gasteiger charge is -1.85. The van der Waals surface area contributed by atoms with Gasteiger partial charge in [0.1, 0.15) is 0 Å². The summed E-state index contributed by atoms with van der Waals surface area (Å²) in [4.78, 5) is 0. The van der Waals surface area contributed by atoms with Crippen molar-refractivity contribution < 1.29 is 0 Å². The molecule has 0 fully saturated rings. The van der Waals surface area contributed by atoms with Crippen LogP contribution in [-0.2, 0) is 0 Å². The van der Waals surface area contributed by atoms with E-state index < -0.39 is 0 Å². The summed E-state index contributed by atoms with van der Waals surface area (Å²) < 4.78 is 7.26. The minimum absolute atomic E-state index is 1.41. The summed E-state index contributed by atoms with van der Waals surface area (Å²) in [6.07, 6.45) is 0. The Kier molecular flexibility index (Phi) is 1.55. The number of hydrogen-bond donors (Lipinski definition) is 0. The van der Waals surface area contributed by atoms with Crippen LogP contribution in [0.4, 0.5) is 0 Å². The van der Waals surface area contributed by atoms with Crippen LogP contribution in [0.3, 0.4) is 0 Å². The van der Waals surface area contributed by atoms with E-state index in [9.17, 15) is 0 Å². The molecule has 4 aromatic rings. The molecule has 0 aliphatic carbocycles. The number of benzene rings is 1. The van der Waals surface area contributed by atoms with Gasteiger partial charge in [0.25, 0.3) is 0 Å². The molecule has 0 spiro atoms. The van der Waals surface area contributed by atoms with E-state index in [0.717, 1.165) is 0 Å². The quantitative estimate of drug-likeness (QED) is 0.393. The Hall–Kier alpha value is -0.900. The summed E-state index contributed by atoms with van der Waals surface area (Å²) in [6, 6.07) is 10.9. The Labute approximate surface area is 98.4 Å². The zero-order chi connectivity index (χ0) is 9.83. The van der Waals surface area contributed by atoms with Crippen LogP contribution in [0, 0.1) is 0 Å². The molecular formula is C12H6S3. The summed E-state index contributed by atoms with van der Waals surface area (Å²) in [5.41, 5.74) is 0. The predicted molar refractivity (Wildman–Crippen MR) is 72.6 cm³/mol. The van der Waals surface area contributed by atoms with Gasteiger partial charge in [-0.2, -0.15) is 0 Å². The largest absolute Gasteiger partial charge is 0.141 e. The van der Waals surface area contributed by atoms with E-state index >= 15 is 0 Å². The highest BCUT2D eigenvalue weighted by molar-refractivity contribution is 7.40. The number of rotatable bonds is 0. The van der Waals surface area contributed by atoms with Crippen molar-refractivity contribution >= 4 is 62.9 Å². The number of thiophene rings is 3. The van der Waals surface area contributed by atoms with Crippen LogP contribution in [0.5, 0.6) is 0 Å². The van der Waals surface area contributed by atoms with Crippen molar-refractivity contribution in [1.29, 1.82) is 0 Å². The van der Waals surface area contributed by atoms with E-state index in [1.165, 1.54) is 28.9 Å². The van der Waals surface area contributed by atoms with Crippen molar-refractivity contribution in [2.45, 2.75) is 0 Å². The van der Waals surface area contributed by atoms with Crippen LogP contribution in [0.1, 0.15) is 0 Å². The third-order valence-electron chi connectivity index (χ3n) is 2.60. The van der Waals surface area contributed by atoms with Gasteiger partial charge in [0.15, 0.2) is 0 Å². The summed E-state index contributed by atoms with van der Waals surface area (Å²) in [5.74, 6) is 0. The number of hydrogen-bond acceptors (Lipinski definition) is 3. The topological polar surface area (TPSA) is 0 Å². The maximum absolute atomic E-state index is 2.23. The smallest absolute Gasteiger partial charge is 0.0642 e. The third kappa shape index (κ3) is 1.00. The van der Waals surface area contributed by atoms with E-state index in [1.54, 1.807) is 0 Å². The monoisotopic (exact) mass is 246 g/mol. The van der Waals surface area contributed by atoms with Crippen molar-refractivity contribution in [3.8, 4) is 0 Å². The molecule has 72 valence electrons. The maximum atomic E-state index is 2.23. The molecule has 0 saturated carbocycles. The summed E-state index contributed by atoms with van der Waals surface area (Å²) >= 11 is 5.71. The van der Waals surface area contributed by atoms with Crippen molar-refractivity contribution in [2.24, 2.45) is 0 Å². The van der Waals surface area contributed by atoms with Crippen LogP contribution >= 0.6 is 34.0 Å². The van der Waals surface area contributed by atoms with E-state index in [2.05, 4.69) is 35.7 Å². The third-order valence-corrected chi connectivity index (χ3v) is 6.29. The van der Waals surface area contributed by atoms with Crippen molar-refractivity contribution in [1.82, 2.24) is 0 Å². The first-order valence-electron chi connectivity index (χ1n) is 4.71. The molecule has 0 amide bonds. The predicted octanol–water partition coefficient (Wildman–Crippen LogP) is 5.33. The second-order valence-electron chi connectivity index (χ2n) is 3.47. The van der Waals surface area contributed by atoms with Gasteiger partial charge in [-0.1, -0.05) is 18.2 Å². The van der Waals surface area contributed by atoms with E-state index in [4.69, 9.17) is 0 Å². The molecule has 0 saturated heterocycles. The van der Waals surface area contributed by atoms with Gasteiger partial charge < -0.3 is 0 Å². The van der Waals surface area contributed by atoms with Gasteiger partial charge in [0, 0.05) is 14.8 Å². The van der Waals surface area contributed by atoms with Crippen molar-refractivity contribution in [3.63, 3.8) is 0 Å². The van der Waals surface area contributed by atoms with Crippen LogP contribution in [0.2, 0.25) is 0 Å². The molecule has 0 N–H and O–H groups in total. The molecule has 0 unspecified atom stereocenters. The molecule has 0 nitrogen and oxygen atoms in total. The molecule has 0 aliphatic rings. The highest BCUT2D eigenvalue weighted by Crippen LogP contribution is 2.45. The Bertz CT molecular complexity index is 769. The maximum Gasteiger partial charge on any atom is 0.0642 e. The van der Waals surface area contributed by atoms with Gasteiger partial charge in [-0.15, -0.1) is 34.0 Å². The Morgan fingerprint density at radius 3 is 2.60 bits per heavy atom. The Morgan fingerprint density at radius 1 is 0.733 bits per heavy atom. The molecule has 0 bridgehead atoms. The van der Waals surface area contributed by atoms with Crippen molar-refractivity contribution in [2.75, 3.05) is 0 Å². The summed E-state index contributed by atoms with van der Waals surface area (Å²) in [5, 5.41) is 3.61. The highest BCUT2D eigenvalue weighted by Gasteiger charge is 2.11. The molecule has 0 aliphatic heterocycles. The first kappa shape index (κ1) is 8.28. The zero-order valence-electron chi connectivity index (χ0n) is 7.69. The SMILES string of the molecule is c1ccc2c(c1)sc1c3sccc3sc21. The molecular weight excluding hydrogens is 240 g/mol. The van der Waals surface area contributed by atoms with Gasteiger partial charge in [-0.3, -0.25) is 0 Å². The molecule has 4 rings (SSSR count). The molecule has 15 heavy (non-hydrogen) atoms. The van der Waals surface area contributed by atoms with E-state index in [1.807, 2.05) is 34.0 Å². The van der Waals surface area contributed by atoms with Gasteiger partial charge in [0.05, 0.1) is 14.1 Å². The first-order chi connectivity index (χ1) is 7.43.